The van der Waals surface area contributed by atoms with Crippen LogP contribution in [0.15, 0.2) is 35.5 Å². The van der Waals surface area contributed by atoms with Crippen LogP contribution in [0, 0.1) is 13.8 Å². The van der Waals surface area contributed by atoms with Crippen LogP contribution in [-0.2, 0) is 10.0 Å². The van der Waals surface area contributed by atoms with Crippen LogP contribution in [0.2, 0.25) is 0 Å². The van der Waals surface area contributed by atoms with Gasteiger partial charge in [-0.3, -0.25) is 4.40 Å². The molecule has 154 valence electrons. The normalized spacial score (nSPS) is 20.2. The number of benzene rings is 1. The fourth-order valence-electron chi connectivity index (χ4n) is 3.86. The summed E-state index contributed by atoms with van der Waals surface area (Å²) in [7, 11) is -3.68. The van der Waals surface area contributed by atoms with Crippen molar-refractivity contribution in [1.82, 2.24) is 19.1 Å². The molecule has 0 aliphatic heterocycles. The van der Waals surface area contributed by atoms with E-state index < -0.39 is 10.0 Å². The Hall–Kier alpha value is -2.49. The monoisotopic (exact) mass is 415 g/mol. The number of aliphatic hydroxyl groups excluding tert-OH is 1. The Bertz CT molecular complexity index is 1160. The molecule has 8 nitrogen and oxygen atoms in total. The van der Waals surface area contributed by atoms with Gasteiger partial charge in [-0.05, 0) is 57.2 Å². The summed E-state index contributed by atoms with van der Waals surface area (Å²) >= 11 is 0. The minimum Gasteiger partial charge on any atom is -0.393 e. The van der Waals surface area contributed by atoms with Crippen molar-refractivity contribution < 1.29 is 13.5 Å². The van der Waals surface area contributed by atoms with E-state index >= 15 is 0 Å². The lowest BCUT2D eigenvalue weighted by molar-refractivity contribution is 0.120. The van der Waals surface area contributed by atoms with Crippen LogP contribution in [-0.4, -0.2) is 40.0 Å². The van der Waals surface area contributed by atoms with Gasteiger partial charge in [0.05, 0.1) is 28.6 Å². The van der Waals surface area contributed by atoms with Crippen molar-refractivity contribution in [2.24, 2.45) is 0 Å². The van der Waals surface area contributed by atoms with Crippen LogP contribution in [0.4, 0.5) is 5.82 Å². The number of nitrogen functional groups attached to an aromatic ring is 1. The van der Waals surface area contributed by atoms with Gasteiger partial charge in [0, 0.05) is 17.8 Å². The van der Waals surface area contributed by atoms with Gasteiger partial charge < -0.3 is 10.8 Å². The molecule has 1 fully saturated rings. The number of anilines is 1. The summed E-state index contributed by atoms with van der Waals surface area (Å²) in [5.74, 6) is 0.332. The van der Waals surface area contributed by atoms with Gasteiger partial charge in [-0.2, -0.15) is 0 Å². The minimum absolute atomic E-state index is 0.155. The first kappa shape index (κ1) is 19.8. The van der Waals surface area contributed by atoms with E-state index in [1.807, 2.05) is 24.4 Å². The number of hydrogen-bond donors (Lipinski definition) is 3. The average molecular weight is 416 g/mol. The first-order valence-corrected chi connectivity index (χ1v) is 11.1. The van der Waals surface area contributed by atoms with Crippen molar-refractivity contribution >= 4 is 21.5 Å². The molecule has 9 heteroatoms. The van der Waals surface area contributed by atoms with E-state index in [1.165, 1.54) is 0 Å². The largest absolute Gasteiger partial charge is 0.393 e. The zero-order chi connectivity index (χ0) is 20.8. The van der Waals surface area contributed by atoms with Crippen molar-refractivity contribution in [3.8, 4) is 11.3 Å². The fourth-order valence-corrected chi connectivity index (χ4v) is 5.19. The van der Waals surface area contributed by atoms with Crippen molar-refractivity contribution in [1.29, 1.82) is 0 Å². The Morgan fingerprint density at radius 1 is 1.21 bits per heavy atom. The number of hydrogen-bond acceptors (Lipinski definition) is 6. The van der Waals surface area contributed by atoms with Gasteiger partial charge in [0.15, 0.2) is 11.5 Å². The molecule has 0 radical (unpaired) electrons. The maximum absolute atomic E-state index is 13.0. The lowest BCUT2D eigenvalue weighted by Gasteiger charge is -2.26. The van der Waals surface area contributed by atoms with Gasteiger partial charge in [0.2, 0.25) is 10.0 Å². The molecule has 2 aromatic heterocycles. The summed E-state index contributed by atoms with van der Waals surface area (Å²) in [6.45, 7) is 3.77. The highest BCUT2D eigenvalue weighted by Gasteiger charge is 2.25. The molecule has 0 amide bonds. The van der Waals surface area contributed by atoms with Crippen molar-refractivity contribution in [3.63, 3.8) is 0 Å². The summed E-state index contributed by atoms with van der Waals surface area (Å²) in [5.41, 5.74) is 9.72. The van der Waals surface area contributed by atoms with Gasteiger partial charge in [-0.1, -0.05) is 6.07 Å². The van der Waals surface area contributed by atoms with Crippen LogP contribution in [0.5, 0.6) is 0 Å². The molecule has 1 aliphatic carbocycles. The van der Waals surface area contributed by atoms with Crippen molar-refractivity contribution in [2.45, 2.75) is 56.6 Å². The number of fused-ring (bicyclic) bond motifs is 1. The third-order valence-electron chi connectivity index (χ3n) is 5.45. The predicted octanol–water partition coefficient (Wildman–Crippen LogP) is 2.18. The smallest absolute Gasteiger partial charge is 0.240 e. The van der Waals surface area contributed by atoms with Crippen molar-refractivity contribution in [3.05, 3.63) is 41.9 Å². The average Bonchev–Trinajstić information content (AvgIpc) is 3.07. The highest BCUT2D eigenvalue weighted by molar-refractivity contribution is 7.89. The molecule has 1 aromatic carbocycles. The van der Waals surface area contributed by atoms with Crippen LogP contribution in [0.25, 0.3) is 16.9 Å². The Balaban J connectivity index is 1.72. The zero-order valence-corrected chi connectivity index (χ0v) is 17.3. The molecule has 29 heavy (non-hydrogen) atoms. The number of sulfonamides is 1. The predicted molar refractivity (Wildman–Crippen MR) is 111 cm³/mol. The molecule has 0 unspecified atom stereocenters. The molecule has 0 spiro atoms. The van der Waals surface area contributed by atoms with Gasteiger partial charge in [0.1, 0.15) is 0 Å². The van der Waals surface area contributed by atoms with Crippen LogP contribution in [0.1, 0.15) is 36.9 Å². The number of nitrogens with zero attached hydrogens (tertiary/aromatic N) is 3. The Morgan fingerprint density at radius 3 is 2.66 bits per heavy atom. The van der Waals surface area contributed by atoms with E-state index in [0.29, 0.717) is 37.1 Å². The van der Waals surface area contributed by atoms with Gasteiger partial charge in [-0.15, -0.1) is 0 Å². The fraction of sp³-hybridized carbons (Fsp3) is 0.400. The summed E-state index contributed by atoms with van der Waals surface area (Å²) < 4.78 is 30.5. The molecule has 4 rings (SSSR count). The summed E-state index contributed by atoms with van der Waals surface area (Å²) in [5, 5.41) is 9.64. The molecule has 0 bridgehead atoms. The number of rotatable bonds is 4. The quantitative estimate of drug-likeness (QED) is 0.600. The third-order valence-corrected chi connectivity index (χ3v) is 6.97. The third kappa shape index (κ3) is 3.85. The SMILES string of the molecule is Cc1cn2c(-c3cc(S(=O)(=O)NC4CCC(O)CC4)ccc3C)cnc2c(N)n1. The maximum Gasteiger partial charge on any atom is 0.240 e. The van der Waals surface area contributed by atoms with Crippen molar-refractivity contribution in [2.75, 3.05) is 5.73 Å². The van der Waals surface area contributed by atoms with E-state index in [9.17, 15) is 13.5 Å². The second kappa shape index (κ2) is 7.40. The van der Waals surface area contributed by atoms with E-state index in [2.05, 4.69) is 14.7 Å². The molecule has 0 atom stereocenters. The number of aromatic nitrogens is 3. The highest BCUT2D eigenvalue weighted by Crippen LogP contribution is 2.29. The Kier molecular flexibility index (Phi) is 5.05. The number of aryl methyl sites for hydroxylation is 2. The summed E-state index contributed by atoms with van der Waals surface area (Å²) in [4.78, 5) is 8.79. The first-order chi connectivity index (χ1) is 13.7. The second-order valence-corrected chi connectivity index (χ2v) is 9.42. The van der Waals surface area contributed by atoms with Crippen LogP contribution >= 0.6 is 0 Å². The van der Waals surface area contributed by atoms with E-state index in [-0.39, 0.29) is 17.0 Å². The molecule has 0 saturated heterocycles. The lowest BCUT2D eigenvalue weighted by Crippen LogP contribution is -2.38. The number of nitrogens with one attached hydrogen (secondary N) is 1. The standard InChI is InChI=1S/C20H25N5O3S/c1-12-3-8-16(29(27,28)24-14-4-6-15(26)7-5-14)9-17(12)18-10-22-20-19(21)23-13(2)11-25(18)20/h3,8-11,14-15,24,26H,4-7H2,1-2H3,(H2,21,23). The van der Waals surface area contributed by atoms with E-state index in [0.717, 1.165) is 22.5 Å². The topological polar surface area (TPSA) is 123 Å². The summed E-state index contributed by atoms with van der Waals surface area (Å²) in [6.07, 6.45) is 5.69. The molecule has 1 aliphatic rings. The molecule has 4 N–H and O–H groups in total. The molecule has 1 saturated carbocycles. The van der Waals surface area contributed by atoms with Gasteiger partial charge in [-0.25, -0.2) is 23.1 Å². The highest BCUT2D eigenvalue weighted by atomic mass is 32.2. The lowest BCUT2D eigenvalue weighted by atomic mass is 9.94. The molecular weight excluding hydrogens is 390 g/mol. The summed E-state index contributed by atoms with van der Waals surface area (Å²) in [6, 6.07) is 4.93. The van der Waals surface area contributed by atoms with Gasteiger partial charge in [0.25, 0.3) is 0 Å². The molecule has 2 heterocycles. The number of nitrogens with two attached hydrogens (primary N) is 1. The zero-order valence-electron chi connectivity index (χ0n) is 16.5. The second-order valence-electron chi connectivity index (χ2n) is 7.71. The van der Waals surface area contributed by atoms with E-state index in [4.69, 9.17) is 5.73 Å². The first-order valence-electron chi connectivity index (χ1n) is 9.66. The Morgan fingerprint density at radius 2 is 1.93 bits per heavy atom. The molecular formula is C20H25N5O3S. The van der Waals surface area contributed by atoms with E-state index in [1.54, 1.807) is 24.4 Å². The number of aliphatic hydroxyl groups is 1. The Labute approximate surface area is 169 Å². The van der Waals surface area contributed by atoms with Crippen LogP contribution in [0.3, 0.4) is 0 Å². The maximum atomic E-state index is 13.0. The molecule has 3 aromatic rings. The number of imidazole rings is 1. The minimum atomic E-state index is -3.68. The van der Waals surface area contributed by atoms with Gasteiger partial charge >= 0.3 is 0 Å². The van der Waals surface area contributed by atoms with Crippen LogP contribution < -0.4 is 10.5 Å².